The SMILES string of the molecule is CSCCC(=O)Nc1ccc(-c2nccs2)cc1. The van der Waals surface area contributed by atoms with Crippen LogP contribution in [0.3, 0.4) is 0 Å². The minimum Gasteiger partial charge on any atom is -0.326 e. The molecule has 94 valence electrons. The lowest BCUT2D eigenvalue weighted by atomic mass is 10.2. The highest BCUT2D eigenvalue weighted by Gasteiger charge is 2.03. The fraction of sp³-hybridized carbons (Fsp3) is 0.231. The van der Waals surface area contributed by atoms with Crippen LogP contribution in [-0.4, -0.2) is 22.9 Å². The van der Waals surface area contributed by atoms with Gasteiger partial charge in [-0.2, -0.15) is 11.8 Å². The van der Waals surface area contributed by atoms with Crippen molar-refractivity contribution in [2.24, 2.45) is 0 Å². The molecule has 0 aliphatic rings. The van der Waals surface area contributed by atoms with Crippen LogP contribution in [0, 0.1) is 0 Å². The second-order valence-corrected chi connectivity index (χ2v) is 5.59. The predicted molar refractivity (Wildman–Crippen MR) is 79.2 cm³/mol. The number of anilines is 1. The topological polar surface area (TPSA) is 42.0 Å². The van der Waals surface area contributed by atoms with Crippen LogP contribution in [0.4, 0.5) is 5.69 Å². The van der Waals surface area contributed by atoms with Crippen LogP contribution in [0.5, 0.6) is 0 Å². The van der Waals surface area contributed by atoms with E-state index in [1.165, 1.54) is 0 Å². The Morgan fingerprint density at radius 2 is 2.17 bits per heavy atom. The van der Waals surface area contributed by atoms with Crippen molar-refractivity contribution in [3.05, 3.63) is 35.8 Å². The number of thiazole rings is 1. The summed E-state index contributed by atoms with van der Waals surface area (Å²) in [7, 11) is 0. The number of aromatic nitrogens is 1. The molecule has 0 fully saturated rings. The van der Waals surface area contributed by atoms with Crippen molar-refractivity contribution in [1.82, 2.24) is 4.98 Å². The van der Waals surface area contributed by atoms with Gasteiger partial charge in [-0.3, -0.25) is 4.79 Å². The van der Waals surface area contributed by atoms with E-state index in [2.05, 4.69) is 10.3 Å². The molecule has 0 bridgehead atoms. The van der Waals surface area contributed by atoms with Crippen molar-refractivity contribution in [3.8, 4) is 10.6 Å². The van der Waals surface area contributed by atoms with Crippen LogP contribution in [-0.2, 0) is 4.79 Å². The smallest absolute Gasteiger partial charge is 0.225 e. The van der Waals surface area contributed by atoms with Crippen molar-refractivity contribution in [1.29, 1.82) is 0 Å². The molecule has 1 heterocycles. The third-order valence-electron chi connectivity index (χ3n) is 2.38. The number of nitrogens with zero attached hydrogens (tertiary/aromatic N) is 1. The molecule has 1 aromatic carbocycles. The van der Waals surface area contributed by atoms with E-state index in [-0.39, 0.29) is 5.91 Å². The molecule has 0 aliphatic carbocycles. The maximum absolute atomic E-state index is 11.6. The number of benzene rings is 1. The molecule has 0 saturated carbocycles. The number of thioether (sulfide) groups is 1. The Morgan fingerprint density at radius 1 is 1.39 bits per heavy atom. The third kappa shape index (κ3) is 3.58. The van der Waals surface area contributed by atoms with Gasteiger partial charge in [-0.1, -0.05) is 0 Å². The second-order valence-electron chi connectivity index (χ2n) is 3.71. The average molecular weight is 278 g/mol. The van der Waals surface area contributed by atoms with Gasteiger partial charge >= 0.3 is 0 Å². The number of carbonyl (C=O) groups excluding carboxylic acids is 1. The number of hydrogen-bond acceptors (Lipinski definition) is 4. The third-order valence-corrected chi connectivity index (χ3v) is 3.82. The molecule has 0 unspecified atom stereocenters. The van der Waals surface area contributed by atoms with Crippen LogP contribution in [0.2, 0.25) is 0 Å². The molecule has 2 rings (SSSR count). The Hall–Kier alpha value is -1.33. The first-order chi connectivity index (χ1) is 8.79. The fourth-order valence-corrected chi connectivity index (χ4v) is 2.51. The van der Waals surface area contributed by atoms with Crippen LogP contribution in [0.15, 0.2) is 35.8 Å². The van der Waals surface area contributed by atoms with E-state index in [4.69, 9.17) is 0 Å². The second kappa shape index (κ2) is 6.56. The van der Waals surface area contributed by atoms with E-state index < -0.39 is 0 Å². The van der Waals surface area contributed by atoms with E-state index in [1.54, 1.807) is 29.3 Å². The van der Waals surface area contributed by atoms with Crippen molar-refractivity contribution >= 4 is 34.7 Å². The Kier molecular flexibility index (Phi) is 4.78. The molecule has 5 heteroatoms. The summed E-state index contributed by atoms with van der Waals surface area (Å²) in [5.41, 5.74) is 1.91. The molecule has 18 heavy (non-hydrogen) atoms. The van der Waals surface area contributed by atoms with Gasteiger partial charge in [0.2, 0.25) is 5.91 Å². The maximum Gasteiger partial charge on any atom is 0.225 e. The highest BCUT2D eigenvalue weighted by molar-refractivity contribution is 7.98. The van der Waals surface area contributed by atoms with Gasteiger partial charge in [-0.25, -0.2) is 4.98 Å². The summed E-state index contributed by atoms with van der Waals surface area (Å²) in [6.07, 6.45) is 4.34. The van der Waals surface area contributed by atoms with Gasteiger partial charge in [0.05, 0.1) is 0 Å². The van der Waals surface area contributed by atoms with Gasteiger partial charge in [-0.15, -0.1) is 11.3 Å². The molecule has 0 radical (unpaired) electrons. The van der Waals surface area contributed by atoms with E-state index in [0.29, 0.717) is 6.42 Å². The largest absolute Gasteiger partial charge is 0.326 e. The maximum atomic E-state index is 11.6. The summed E-state index contributed by atoms with van der Waals surface area (Å²) in [6.45, 7) is 0. The first-order valence-corrected chi connectivity index (χ1v) is 7.85. The molecular formula is C13H14N2OS2. The molecule has 0 atom stereocenters. The van der Waals surface area contributed by atoms with E-state index in [0.717, 1.165) is 22.0 Å². The van der Waals surface area contributed by atoms with Crippen molar-refractivity contribution in [2.75, 3.05) is 17.3 Å². The highest BCUT2D eigenvalue weighted by Crippen LogP contribution is 2.23. The van der Waals surface area contributed by atoms with Crippen LogP contribution >= 0.6 is 23.1 Å². The van der Waals surface area contributed by atoms with Crippen molar-refractivity contribution in [3.63, 3.8) is 0 Å². The summed E-state index contributed by atoms with van der Waals surface area (Å²) >= 11 is 3.28. The molecule has 2 aromatic rings. The quantitative estimate of drug-likeness (QED) is 0.910. The molecule has 3 nitrogen and oxygen atoms in total. The molecule has 1 aromatic heterocycles. The molecule has 1 N–H and O–H groups in total. The zero-order chi connectivity index (χ0) is 12.8. The van der Waals surface area contributed by atoms with E-state index in [9.17, 15) is 4.79 Å². The standard InChI is InChI=1S/C13H14N2OS2/c1-17-8-6-12(16)15-11-4-2-10(3-5-11)13-14-7-9-18-13/h2-5,7,9H,6,8H2,1H3,(H,15,16). The monoisotopic (exact) mass is 278 g/mol. The molecule has 0 aliphatic heterocycles. The Morgan fingerprint density at radius 3 is 2.78 bits per heavy atom. The van der Waals surface area contributed by atoms with Gasteiger partial charge in [0.1, 0.15) is 5.01 Å². The van der Waals surface area contributed by atoms with Gasteiger partial charge in [0.25, 0.3) is 0 Å². The Balaban J connectivity index is 1.98. The van der Waals surface area contributed by atoms with Gasteiger partial charge in [-0.05, 0) is 30.5 Å². The molecule has 0 saturated heterocycles. The molecule has 0 spiro atoms. The summed E-state index contributed by atoms with van der Waals surface area (Å²) in [5, 5.41) is 5.83. The zero-order valence-corrected chi connectivity index (χ0v) is 11.7. The number of nitrogens with one attached hydrogen (secondary N) is 1. The summed E-state index contributed by atoms with van der Waals surface area (Å²) in [6, 6.07) is 7.77. The van der Waals surface area contributed by atoms with Crippen molar-refractivity contribution < 1.29 is 4.79 Å². The predicted octanol–water partition coefficient (Wildman–Crippen LogP) is 3.50. The van der Waals surface area contributed by atoms with Gasteiger partial charge < -0.3 is 5.32 Å². The molecular weight excluding hydrogens is 264 g/mol. The van der Waals surface area contributed by atoms with E-state index >= 15 is 0 Å². The first kappa shape index (κ1) is 13.1. The van der Waals surface area contributed by atoms with E-state index in [1.807, 2.05) is 35.9 Å². The lowest BCUT2D eigenvalue weighted by molar-refractivity contribution is -0.115. The lowest BCUT2D eigenvalue weighted by Gasteiger charge is -2.05. The average Bonchev–Trinajstić information content (AvgIpc) is 2.91. The van der Waals surface area contributed by atoms with Crippen molar-refractivity contribution in [2.45, 2.75) is 6.42 Å². The van der Waals surface area contributed by atoms with Crippen LogP contribution in [0.25, 0.3) is 10.6 Å². The Labute approximate surface area is 115 Å². The number of amides is 1. The van der Waals surface area contributed by atoms with Crippen LogP contribution < -0.4 is 5.32 Å². The normalized spacial score (nSPS) is 10.3. The summed E-state index contributed by atoms with van der Waals surface area (Å²) < 4.78 is 0. The lowest BCUT2D eigenvalue weighted by Crippen LogP contribution is -2.11. The first-order valence-electron chi connectivity index (χ1n) is 5.58. The fourth-order valence-electron chi connectivity index (χ4n) is 1.48. The van der Waals surface area contributed by atoms with Crippen LogP contribution in [0.1, 0.15) is 6.42 Å². The Bertz CT molecular complexity index is 494. The summed E-state index contributed by atoms with van der Waals surface area (Å²) in [4.78, 5) is 15.8. The zero-order valence-electron chi connectivity index (χ0n) is 10.1. The minimum atomic E-state index is 0.0614. The van der Waals surface area contributed by atoms with Gasteiger partial charge in [0.15, 0.2) is 0 Å². The molecule has 1 amide bonds. The summed E-state index contributed by atoms with van der Waals surface area (Å²) in [5.74, 6) is 0.912. The minimum absolute atomic E-state index is 0.0614. The number of rotatable bonds is 5. The number of carbonyl (C=O) groups is 1. The van der Waals surface area contributed by atoms with Gasteiger partial charge in [0, 0.05) is 35.0 Å². The highest BCUT2D eigenvalue weighted by atomic mass is 32.2. The number of hydrogen-bond donors (Lipinski definition) is 1.